The van der Waals surface area contributed by atoms with Crippen molar-refractivity contribution in [3.8, 4) is 5.75 Å². The molecule has 9 heteroatoms. The van der Waals surface area contributed by atoms with Crippen molar-refractivity contribution in [3.05, 3.63) is 59.9 Å². The third kappa shape index (κ3) is 6.93. The molecule has 3 rings (SSSR count). The maximum atomic E-state index is 13.2. The fourth-order valence-corrected chi connectivity index (χ4v) is 3.78. The van der Waals surface area contributed by atoms with Crippen LogP contribution in [0.5, 0.6) is 5.75 Å². The van der Waals surface area contributed by atoms with Gasteiger partial charge in [0.05, 0.1) is 12.8 Å². The molecule has 0 bridgehead atoms. The number of anilines is 1. The summed E-state index contributed by atoms with van der Waals surface area (Å²) in [6.45, 7) is 2.31. The van der Waals surface area contributed by atoms with E-state index in [1.165, 1.54) is 19.1 Å². The number of likely N-dealkylation sites (tertiary alicyclic amines) is 1. The van der Waals surface area contributed by atoms with Crippen molar-refractivity contribution in [1.29, 1.82) is 0 Å². The van der Waals surface area contributed by atoms with Gasteiger partial charge in [0.15, 0.2) is 0 Å². The van der Waals surface area contributed by atoms with Gasteiger partial charge in [-0.1, -0.05) is 24.3 Å². The van der Waals surface area contributed by atoms with Gasteiger partial charge in [-0.3, -0.25) is 9.59 Å². The van der Waals surface area contributed by atoms with Crippen LogP contribution in [-0.2, 0) is 16.0 Å². The lowest BCUT2D eigenvalue weighted by atomic mass is 10.0. The molecule has 1 saturated heterocycles. The summed E-state index contributed by atoms with van der Waals surface area (Å²) in [6.07, 6.45) is 1.44. The van der Waals surface area contributed by atoms with Crippen LogP contribution in [0.15, 0.2) is 48.5 Å². The molecule has 1 aliphatic heterocycles. The predicted molar refractivity (Wildman–Crippen MR) is 122 cm³/mol. The van der Waals surface area contributed by atoms with Gasteiger partial charge in [0, 0.05) is 32.5 Å². The molecule has 0 aliphatic carbocycles. The lowest BCUT2D eigenvalue weighted by molar-refractivity contribution is -0.128. The Morgan fingerprint density at radius 1 is 1.09 bits per heavy atom. The molecule has 0 saturated carbocycles. The topological polar surface area (TPSA) is 99.8 Å². The summed E-state index contributed by atoms with van der Waals surface area (Å²) in [5.41, 5.74) is 1.34. The number of nitrogens with zero attached hydrogens (tertiary/aromatic N) is 1. The smallest absolute Gasteiger partial charge is 0.321 e. The minimum atomic E-state index is -0.764. The lowest BCUT2D eigenvalue weighted by Gasteiger charge is -2.33. The number of piperidine rings is 1. The summed E-state index contributed by atoms with van der Waals surface area (Å²) in [5, 5.41) is 8.50. The maximum Gasteiger partial charge on any atom is 0.321 e. The second-order valence-corrected chi connectivity index (χ2v) is 7.98. The lowest BCUT2D eigenvalue weighted by Crippen LogP contribution is -2.53. The number of amides is 4. The van der Waals surface area contributed by atoms with Gasteiger partial charge >= 0.3 is 6.03 Å². The van der Waals surface area contributed by atoms with E-state index in [-0.39, 0.29) is 36.1 Å². The number of methoxy groups -OCH3 is 1. The zero-order chi connectivity index (χ0) is 23.8. The van der Waals surface area contributed by atoms with E-state index in [0.717, 1.165) is 5.56 Å². The molecular formula is C24H29FN4O4. The molecule has 2 aromatic rings. The van der Waals surface area contributed by atoms with Gasteiger partial charge in [-0.15, -0.1) is 0 Å². The Hall–Kier alpha value is -3.62. The minimum Gasteiger partial charge on any atom is -0.495 e. The van der Waals surface area contributed by atoms with Crippen LogP contribution in [0.2, 0.25) is 0 Å². The second-order valence-electron chi connectivity index (χ2n) is 7.98. The number of benzene rings is 2. The number of halogens is 1. The van der Waals surface area contributed by atoms with E-state index in [4.69, 9.17) is 4.74 Å². The Labute approximate surface area is 192 Å². The van der Waals surface area contributed by atoms with E-state index in [0.29, 0.717) is 37.4 Å². The quantitative estimate of drug-likeness (QED) is 0.597. The summed E-state index contributed by atoms with van der Waals surface area (Å²) in [6, 6.07) is 11.9. The Morgan fingerprint density at radius 3 is 2.39 bits per heavy atom. The van der Waals surface area contributed by atoms with E-state index >= 15 is 0 Å². The summed E-state index contributed by atoms with van der Waals surface area (Å²) in [7, 11) is 1.55. The second kappa shape index (κ2) is 11.3. The minimum absolute atomic E-state index is 0.114. The summed E-state index contributed by atoms with van der Waals surface area (Å²) >= 11 is 0. The molecule has 1 fully saturated rings. The average molecular weight is 457 g/mol. The molecule has 1 heterocycles. The molecule has 1 atom stereocenters. The van der Waals surface area contributed by atoms with Crippen LogP contribution in [0.4, 0.5) is 14.9 Å². The van der Waals surface area contributed by atoms with Crippen LogP contribution in [-0.4, -0.2) is 55.0 Å². The zero-order valence-corrected chi connectivity index (χ0v) is 18.8. The van der Waals surface area contributed by atoms with E-state index < -0.39 is 6.04 Å². The highest BCUT2D eigenvalue weighted by Crippen LogP contribution is 2.24. The molecule has 8 nitrogen and oxygen atoms in total. The molecule has 0 aromatic heterocycles. The SMILES string of the molecule is COc1ccccc1NC(=O)N1CCC(NC(=O)[C@H](Cc2ccc(F)cc2)NC(C)=O)CC1. The zero-order valence-electron chi connectivity index (χ0n) is 18.8. The van der Waals surface area contributed by atoms with Gasteiger partial charge < -0.3 is 25.6 Å². The summed E-state index contributed by atoms with van der Waals surface area (Å²) in [4.78, 5) is 38.7. The van der Waals surface area contributed by atoms with Crippen LogP contribution in [0.3, 0.4) is 0 Å². The van der Waals surface area contributed by atoms with Crippen LogP contribution in [0, 0.1) is 5.82 Å². The van der Waals surface area contributed by atoms with Crippen molar-refractivity contribution in [2.45, 2.75) is 38.3 Å². The van der Waals surface area contributed by atoms with Crippen molar-refractivity contribution in [2.24, 2.45) is 0 Å². The highest BCUT2D eigenvalue weighted by molar-refractivity contribution is 5.91. The van der Waals surface area contributed by atoms with Gasteiger partial charge in [-0.05, 0) is 42.7 Å². The molecule has 1 aliphatic rings. The van der Waals surface area contributed by atoms with Gasteiger partial charge in [-0.2, -0.15) is 0 Å². The van der Waals surface area contributed by atoms with E-state index in [1.54, 1.807) is 36.3 Å². The fourth-order valence-electron chi connectivity index (χ4n) is 3.78. The van der Waals surface area contributed by atoms with Crippen molar-refractivity contribution >= 4 is 23.5 Å². The molecule has 0 spiro atoms. The number of hydrogen-bond acceptors (Lipinski definition) is 4. The van der Waals surface area contributed by atoms with Crippen LogP contribution < -0.4 is 20.7 Å². The largest absolute Gasteiger partial charge is 0.495 e. The van der Waals surface area contributed by atoms with Gasteiger partial charge in [0.25, 0.3) is 0 Å². The molecule has 3 N–H and O–H groups in total. The van der Waals surface area contributed by atoms with Crippen LogP contribution in [0.1, 0.15) is 25.3 Å². The Kier molecular flexibility index (Phi) is 8.23. The first-order valence-electron chi connectivity index (χ1n) is 10.9. The number of urea groups is 1. The third-order valence-electron chi connectivity index (χ3n) is 5.52. The van der Waals surface area contributed by atoms with Gasteiger partial charge in [-0.25, -0.2) is 9.18 Å². The van der Waals surface area contributed by atoms with Crippen LogP contribution in [0.25, 0.3) is 0 Å². The monoisotopic (exact) mass is 456 g/mol. The normalized spacial score (nSPS) is 14.8. The maximum absolute atomic E-state index is 13.2. The first kappa shape index (κ1) is 24.0. The Bertz CT molecular complexity index is 975. The van der Waals surface area contributed by atoms with Crippen molar-refractivity contribution in [3.63, 3.8) is 0 Å². The number of ether oxygens (including phenoxy) is 1. The fraction of sp³-hybridized carbons (Fsp3) is 0.375. The first-order chi connectivity index (χ1) is 15.9. The van der Waals surface area contributed by atoms with Crippen molar-refractivity contribution in [1.82, 2.24) is 15.5 Å². The number of carbonyl (C=O) groups excluding carboxylic acids is 3. The van der Waals surface area contributed by atoms with Gasteiger partial charge in [0.1, 0.15) is 17.6 Å². The number of nitrogens with one attached hydrogen (secondary N) is 3. The van der Waals surface area contributed by atoms with E-state index in [9.17, 15) is 18.8 Å². The predicted octanol–water partition coefficient (Wildman–Crippen LogP) is 2.69. The number of carbonyl (C=O) groups is 3. The number of hydrogen-bond donors (Lipinski definition) is 3. The summed E-state index contributed by atoms with van der Waals surface area (Å²) < 4.78 is 18.4. The standard InChI is InChI=1S/C24H29FN4O4/c1-16(30)26-21(15-17-7-9-18(25)10-8-17)23(31)27-19-11-13-29(14-12-19)24(32)28-20-5-3-4-6-22(20)33-2/h3-10,19,21H,11-15H2,1-2H3,(H,26,30)(H,27,31)(H,28,32)/t21-/m0/s1. The van der Waals surface area contributed by atoms with Crippen molar-refractivity contribution in [2.75, 3.05) is 25.5 Å². The summed E-state index contributed by atoms with van der Waals surface area (Å²) in [5.74, 6) is -0.398. The molecule has 0 radical (unpaired) electrons. The van der Waals surface area contributed by atoms with E-state index in [2.05, 4.69) is 16.0 Å². The Morgan fingerprint density at radius 2 is 1.76 bits per heavy atom. The Balaban J connectivity index is 1.52. The first-order valence-corrected chi connectivity index (χ1v) is 10.9. The average Bonchev–Trinajstić information content (AvgIpc) is 2.80. The number of rotatable bonds is 7. The highest BCUT2D eigenvalue weighted by atomic mass is 19.1. The molecule has 2 aromatic carbocycles. The molecular weight excluding hydrogens is 427 g/mol. The molecule has 0 unspecified atom stereocenters. The molecule has 176 valence electrons. The van der Waals surface area contributed by atoms with E-state index in [1.807, 2.05) is 12.1 Å². The van der Waals surface area contributed by atoms with Crippen molar-refractivity contribution < 1.29 is 23.5 Å². The highest BCUT2D eigenvalue weighted by Gasteiger charge is 2.27. The van der Waals surface area contributed by atoms with Gasteiger partial charge in [0.2, 0.25) is 11.8 Å². The third-order valence-corrected chi connectivity index (χ3v) is 5.52. The molecule has 4 amide bonds. The molecule has 33 heavy (non-hydrogen) atoms. The number of para-hydroxylation sites is 2. The van der Waals surface area contributed by atoms with Crippen LogP contribution >= 0.6 is 0 Å².